The summed E-state index contributed by atoms with van der Waals surface area (Å²) < 4.78 is 59.5. The van der Waals surface area contributed by atoms with Crippen LogP contribution in [-0.2, 0) is 26.7 Å². The third-order valence-corrected chi connectivity index (χ3v) is 8.59. The molecule has 1 atom stereocenters. The van der Waals surface area contributed by atoms with Crippen LogP contribution in [0, 0.1) is 0 Å². The molecule has 0 heterocycles. The molecule has 0 spiro atoms. The molecule has 0 fully saturated rings. The molecule has 0 aliphatic heterocycles. The Morgan fingerprint density at radius 2 is 1.61 bits per heavy atom. The van der Waals surface area contributed by atoms with E-state index in [4.69, 9.17) is 0 Å². The monoisotopic (exact) mass is 470 g/mol. The Balaban J connectivity index is 2.33. The van der Waals surface area contributed by atoms with E-state index in [1.807, 2.05) is 55.2 Å². The van der Waals surface area contributed by atoms with Gasteiger partial charge in [-0.05, 0) is 31.4 Å². The van der Waals surface area contributed by atoms with Gasteiger partial charge in [-0.25, -0.2) is 12.7 Å². The summed E-state index contributed by atoms with van der Waals surface area (Å²) in [4.78, 5) is 1.84. The molecule has 0 saturated heterocycles. The van der Waals surface area contributed by atoms with E-state index in [1.54, 1.807) is 23.4 Å². The summed E-state index contributed by atoms with van der Waals surface area (Å²) in [6.45, 7) is 7.05. The molecule has 1 N–H and O–H groups in total. The van der Waals surface area contributed by atoms with Crippen LogP contribution in [0.3, 0.4) is 0 Å². The average molecular weight is 471 g/mol. The fourth-order valence-electron chi connectivity index (χ4n) is 3.73. The second-order valence-electron chi connectivity index (χ2n) is 8.10. The lowest BCUT2D eigenvalue weighted by Gasteiger charge is -2.38. The highest BCUT2D eigenvalue weighted by Gasteiger charge is 2.43. The molecule has 9 heteroatoms. The number of hydrogen-bond donors (Lipinski definition) is 1. The van der Waals surface area contributed by atoms with Gasteiger partial charge in [0.05, 0.1) is 5.75 Å². The molecule has 1 aromatic rings. The summed E-state index contributed by atoms with van der Waals surface area (Å²) in [5.74, 6) is -0.428. The molecule has 1 unspecified atom stereocenters. The first-order chi connectivity index (χ1) is 14.5. The maximum Gasteiger partial charge on any atom is 0.266 e. The summed E-state index contributed by atoms with van der Waals surface area (Å²) in [5.41, 5.74) is 1.70. The molecular formula is C22H34N2O5S2. The fourth-order valence-corrected chi connectivity index (χ4v) is 6.20. The molecule has 0 bridgehead atoms. The number of rotatable bonds is 12. The number of hydrogen-bond acceptors (Lipinski definition) is 5. The lowest BCUT2D eigenvalue weighted by atomic mass is 9.98. The Morgan fingerprint density at radius 3 is 2.16 bits per heavy atom. The molecule has 2 rings (SSSR count). The molecule has 174 valence electrons. The van der Waals surface area contributed by atoms with Gasteiger partial charge in [-0.15, -0.1) is 0 Å². The standard InChI is InChI=1S/C22H34N2O5S2/c1-4-14-24(15-5-2)31(28,29)22(3)13-9-12-21(18-22)23(16-17-30(25,26)27)19-20-10-7-6-8-11-20/h6-13H,4-5,14-19H2,1-3H3,(H,25,26,27). The second-order valence-corrected chi connectivity index (χ2v) is 12.1. The average Bonchev–Trinajstić information content (AvgIpc) is 2.71. The highest BCUT2D eigenvalue weighted by molar-refractivity contribution is 7.90. The first-order valence-electron chi connectivity index (χ1n) is 10.6. The first-order valence-corrected chi connectivity index (χ1v) is 13.7. The van der Waals surface area contributed by atoms with Gasteiger partial charge in [-0.2, -0.15) is 8.42 Å². The van der Waals surface area contributed by atoms with E-state index in [0.29, 0.717) is 19.6 Å². The Morgan fingerprint density at radius 1 is 1.00 bits per heavy atom. The van der Waals surface area contributed by atoms with Crippen LogP contribution >= 0.6 is 0 Å². The minimum Gasteiger partial charge on any atom is -0.369 e. The second kappa shape index (κ2) is 10.8. The first kappa shape index (κ1) is 25.6. The SMILES string of the molecule is CCCN(CCC)S(=O)(=O)C1(C)C=CC=C(N(CCS(=O)(=O)O)Cc2ccccc2)C1. The van der Waals surface area contributed by atoms with Gasteiger partial charge in [-0.1, -0.05) is 56.3 Å². The van der Waals surface area contributed by atoms with Crippen molar-refractivity contribution in [1.82, 2.24) is 9.21 Å². The van der Waals surface area contributed by atoms with Crippen molar-refractivity contribution in [3.05, 3.63) is 59.8 Å². The summed E-state index contributed by atoms with van der Waals surface area (Å²) in [6.07, 6.45) is 6.97. The summed E-state index contributed by atoms with van der Waals surface area (Å²) in [5, 5.41) is 0. The Kier molecular flexibility index (Phi) is 8.88. The molecular weight excluding hydrogens is 436 g/mol. The van der Waals surface area contributed by atoms with Crippen molar-refractivity contribution in [2.24, 2.45) is 0 Å². The minimum absolute atomic E-state index is 0.0666. The zero-order chi connectivity index (χ0) is 23.1. The zero-order valence-corrected chi connectivity index (χ0v) is 20.2. The van der Waals surface area contributed by atoms with E-state index in [1.165, 1.54) is 0 Å². The summed E-state index contributed by atoms with van der Waals surface area (Å²) in [7, 11) is -7.77. The van der Waals surface area contributed by atoms with E-state index in [2.05, 4.69) is 0 Å². The van der Waals surface area contributed by atoms with Gasteiger partial charge in [0.25, 0.3) is 10.1 Å². The van der Waals surface area contributed by atoms with E-state index in [9.17, 15) is 21.4 Å². The Labute approximate surface area is 187 Å². The summed E-state index contributed by atoms with van der Waals surface area (Å²) >= 11 is 0. The highest BCUT2D eigenvalue weighted by Crippen LogP contribution is 2.35. The minimum atomic E-state index is -4.15. The maximum absolute atomic E-state index is 13.5. The topological polar surface area (TPSA) is 95.0 Å². The Hall–Kier alpha value is -1.68. The van der Waals surface area contributed by atoms with Crippen molar-refractivity contribution < 1.29 is 21.4 Å². The van der Waals surface area contributed by atoms with Gasteiger partial charge >= 0.3 is 0 Å². The van der Waals surface area contributed by atoms with E-state index in [0.717, 1.165) is 24.1 Å². The van der Waals surface area contributed by atoms with Crippen LogP contribution in [-0.4, -0.2) is 60.7 Å². The molecule has 1 aliphatic rings. The van der Waals surface area contributed by atoms with E-state index >= 15 is 0 Å². The van der Waals surface area contributed by atoms with Gasteiger partial charge in [0.15, 0.2) is 0 Å². The number of nitrogens with zero attached hydrogens (tertiary/aromatic N) is 2. The van der Waals surface area contributed by atoms with Crippen molar-refractivity contribution in [3.8, 4) is 0 Å². The number of allylic oxidation sites excluding steroid dienone is 3. The Bertz CT molecular complexity index is 982. The molecule has 0 radical (unpaired) electrons. The molecule has 0 amide bonds. The molecule has 1 aromatic carbocycles. The van der Waals surface area contributed by atoms with Crippen LogP contribution in [0.2, 0.25) is 0 Å². The largest absolute Gasteiger partial charge is 0.369 e. The van der Waals surface area contributed by atoms with E-state index < -0.39 is 30.6 Å². The molecule has 0 aromatic heterocycles. The van der Waals surface area contributed by atoms with Crippen LogP contribution in [0.25, 0.3) is 0 Å². The van der Waals surface area contributed by atoms with Crippen molar-refractivity contribution in [1.29, 1.82) is 0 Å². The smallest absolute Gasteiger partial charge is 0.266 e. The van der Waals surface area contributed by atoms with Gasteiger partial charge in [-0.3, -0.25) is 4.55 Å². The van der Waals surface area contributed by atoms with Gasteiger partial charge in [0.2, 0.25) is 10.0 Å². The van der Waals surface area contributed by atoms with Crippen molar-refractivity contribution in [2.75, 3.05) is 25.4 Å². The predicted octanol–water partition coefficient (Wildman–Crippen LogP) is 3.43. The number of benzene rings is 1. The van der Waals surface area contributed by atoms with Crippen molar-refractivity contribution in [2.45, 2.75) is 51.3 Å². The molecule has 0 saturated carbocycles. The highest BCUT2D eigenvalue weighted by atomic mass is 32.2. The third kappa shape index (κ3) is 6.90. The van der Waals surface area contributed by atoms with Crippen LogP contribution in [0.1, 0.15) is 45.6 Å². The zero-order valence-electron chi connectivity index (χ0n) is 18.6. The quantitative estimate of drug-likeness (QED) is 0.470. The lowest BCUT2D eigenvalue weighted by Crippen LogP contribution is -2.48. The number of sulfonamides is 1. The van der Waals surface area contributed by atoms with Crippen LogP contribution in [0.5, 0.6) is 0 Å². The van der Waals surface area contributed by atoms with Crippen LogP contribution < -0.4 is 0 Å². The fraction of sp³-hybridized carbons (Fsp3) is 0.545. The molecule has 1 aliphatic carbocycles. The van der Waals surface area contributed by atoms with Gasteiger partial charge in [0, 0.05) is 38.3 Å². The normalized spacial score (nSPS) is 19.5. The van der Waals surface area contributed by atoms with E-state index in [-0.39, 0.29) is 13.0 Å². The van der Waals surface area contributed by atoms with Gasteiger partial charge in [0.1, 0.15) is 4.75 Å². The van der Waals surface area contributed by atoms with Crippen molar-refractivity contribution >= 4 is 20.1 Å². The van der Waals surface area contributed by atoms with Crippen LogP contribution in [0.15, 0.2) is 54.3 Å². The van der Waals surface area contributed by atoms with Gasteiger partial charge < -0.3 is 4.90 Å². The summed E-state index contributed by atoms with van der Waals surface area (Å²) in [6, 6.07) is 9.55. The maximum atomic E-state index is 13.5. The molecule has 31 heavy (non-hydrogen) atoms. The van der Waals surface area contributed by atoms with Crippen molar-refractivity contribution in [3.63, 3.8) is 0 Å². The van der Waals surface area contributed by atoms with Crippen LogP contribution in [0.4, 0.5) is 0 Å². The molecule has 7 nitrogen and oxygen atoms in total. The predicted molar refractivity (Wildman–Crippen MR) is 125 cm³/mol. The third-order valence-electron chi connectivity index (χ3n) is 5.39. The lowest BCUT2D eigenvalue weighted by molar-refractivity contribution is 0.325.